The summed E-state index contributed by atoms with van der Waals surface area (Å²) < 4.78 is 4.86. The zero-order chi connectivity index (χ0) is 13.7. The molecule has 0 saturated carbocycles. The van der Waals surface area contributed by atoms with E-state index >= 15 is 0 Å². The summed E-state index contributed by atoms with van der Waals surface area (Å²) in [6.07, 6.45) is 0.380. The van der Waals surface area contributed by atoms with Crippen molar-refractivity contribution in [3.63, 3.8) is 0 Å². The molecule has 0 saturated heterocycles. The predicted molar refractivity (Wildman–Crippen MR) is 74.1 cm³/mol. The lowest BCUT2D eigenvalue weighted by atomic mass is 10.1. The van der Waals surface area contributed by atoms with E-state index < -0.39 is 12.0 Å². The van der Waals surface area contributed by atoms with Gasteiger partial charge < -0.3 is 15.4 Å². The topological polar surface area (TPSA) is 55.6 Å². The summed E-state index contributed by atoms with van der Waals surface area (Å²) in [5.41, 5.74) is 7.62. The van der Waals surface area contributed by atoms with Gasteiger partial charge in [-0.1, -0.05) is 17.7 Å². The van der Waals surface area contributed by atoms with E-state index in [4.69, 9.17) is 22.1 Å². The lowest BCUT2D eigenvalue weighted by Crippen LogP contribution is -2.34. The maximum absolute atomic E-state index is 11.4. The Balaban J connectivity index is 2.76. The average molecular weight is 271 g/mol. The van der Waals surface area contributed by atoms with Crippen LogP contribution >= 0.6 is 11.6 Å². The van der Waals surface area contributed by atoms with Crippen LogP contribution in [0.25, 0.3) is 0 Å². The smallest absolute Gasteiger partial charge is 0.323 e. The van der Waals surface area contributed by atoms with Gasteiger partial charge in [0.2, 0.25) is 0 Å². The fourth-order valence-corrected chi connectivity index (χ4v) is 1.80. The molecule has 0 amide bonds. The van der Waals surface area contributed by atoms with Crippen LogP contribution in [0.4, 0.5) is 5.69 Å². The lowest BCUT2D eigenvalue weighted by Gasteiger charge is -2.15. The largest absolute Gasteiger partial charge is 0.465 e. The zero-order valence-corrected chi connectivity index (χ0v) is 11.7. The molecule has 1 rings (SSSR count). The average Bonchev–Trinajstić information content (AvgIpc) is 2.31. The van der Waals surface area contributed by atoms with Crippen LogP contribution in [0.15, 0.2) is 18.2 Å². The Kier molecular flexibility index (Phi) is 5.44. The molecule has 0 heterocycles. The Morgan fingerprint density at radius 3 is 2.67 bits per heavy atom. The van der Waals surface area contributed by atoms with Crippen LogP contribution in [-0.4, -0.2) is 32.7 Å². The molecule has 0 aliphatic rings. The molecule has 0 aliphatic heterocycles. The van der Waals surface area contributed by atoms with Crippen molar-refractivity contribution in [2.75, 3.05) is 25.6 Å². The second-order valence-corrected chi connectivity index (χ2v) is 4.64. The van der Waals surface area contributed by atoms with Crippen LogP contribution in [-0.2, 0) is 16.0 Å². The summed E-state index contributed by atoms with van der Waals surface area (Å²) in [5.74, 6) is -0.398. The van der Waals surface area contributed by atoms with Crippen LogP contribution in [0.2, 0.25) is 5.02 Å². The van der Waals surface area contributed by atoms with E-state index in [0.717, 1.165) is 11.3 Å². The molecular weight excluding hydrogens is 252 g/mol. The van der Waals surface area contributed by atoms with Gasteiger partial charge in [0.1, 0.15) is 6.04 Å². The van der Waals surface area contributed by atoms with Crippen LogP contribution in [0.1, 0.15) is 12.5 Å². The Morgan fingerprint density at radius 2 is 2.17 bits per heavy atom. The van der Waals surface area contributed by atoms with Crippen molar-refractivity contribution in [2.24, 2.45) is 5.73 Å². The molecule has 1 unspecified atom stereocenters. The summed E-state index contributed by atoms with van der Waals surface area (Å²) in [4.78, 5) is 13.4. The van der Waals surface area contributed by atoms with Gasteiger partial charge in [0.15, 0.2) is 0 Å². The van der Waals surface area contributed by atoms with Gasteiger partial charge in [0.05, 0.1) is 6.61 Å². The van der Waals surface area contributed by atoms with Crippen LogP contribution in [0.5, 0.6) is 0 Å². The van der Waals surface area contributed by atoms with Gasteiger partial charge >= 0.3 is 5.97 Å². The molecule has 18 heavy (non-hydrogen) atoms. The highest BCUT2D eigenvalue weighted by Crippen LogP contribution is 2.23. The first-order valence-corrected chi connectivity index (χ1v) is 6.21. The normalized spacial score (nSPS) is 12.1. The SMILES string of the molecule is CCOC(=O)C(N)Cc1ccc(N(C)C)cc1Cl. The first kappa shape index (κ1) is 14.8. The number of carbonyl (C=O) groups excluding carboxylic acids is 1. The Hall–Kier alpha value is -1.26. The number of hydrogen-bond acceptors (Lipinski definition) is 4. The van der Waals surface area contributed by atoms with Crippen LogP contribution in [0.3, 0.4) is 0 Å². The van der Waals surface area contributed by atoms with Crippen LogP contribution in [0, 0.1) is 0 Å². The van der Waals surface area contributed by atoms with Crippen molar-refractivity contribution in [3.05, 3.63) is 28.8 Å². The summed E-state index contributed by atoms with van der Waals surface area (Å²) in [6.45, 7) is 2.09. The molecule has 0 radical (unpaired) electrons. The zero-order valence-electron chi connectivity index (χ0n) is 10.9. The highest BCUT2D eigenvalue weighted by atomic mass is 35.5. The standard InChI is InChI=1S/C13H19ClN2O2/c1-4-18-13(17)12(15)7-9-5-6-10(16(2)3)8-11(9)14/h5-6,8,12H,4,7,15H2,1-3H3. The molecule has 100 valence electrons. The van der Waals surface area contributed by atoms with Gasteiger partial charge in [-0.2, -0.15) is 0 Å². The Labute approximate surface area is 113 Å². The van der Waals surface area contributed by atoms with Crippen molar-refractivity contribution in [1.82, 2.24) is 0 Å². The predicted octanol–water partition coefficient (Wildman–Crippen LogP) is 1.84. The quantitative estimate of drug-likeness (QED) is 0.830. The minimum atomic E-state index is -0.673. The summed E-state index contributed by atoms with van der Waals surface area (Å²) in [6, 6.07) is 5.01. The van der Waals surface area contributed by atoms with Crippen molar-refractivity contribution in [1.29, 1.82) is 0 Å². The minimum Gasteiger partial charge on any atom is -0.465 e. The fourth-order valence-electron chi connectivity index (χ4n) is 1.55. The van der Waals surface area contributed by atoms with E-state index in [1.807, 2.05) is 37.2 Å². The number of carbonyl (C=O) groups is 1. The van der Waals surface area contributed by atoms with Gasteiger partial charge in [0, 0.05) is 24.8 Å². The number of nitrogens with two attached hydrogens (primary N) is 1. The highest BCUT2D eigenvalue weighted by molar-refractivity contribution is 6.31. The molecule has 0 bridgehead atoms. The van der Waals surface area contributed by atoms with E-state index in [9.17, 15) is 4.79 Å². The van der Waals surface area contributed by atoms with Gasteiger partial charge in [-0.15, -0.1) is 0 Å². The van der Waals surface area contributed by atoms with Crippen molar-refractivity contribution >= 4 is 23.3 Å². The third-order valence-corrected chi connectivity index (χ3v) is 2.93. The summed E-state index contributed by atoms with van der Waals surface area (Å²) in [5, 5.41) is 0.612. The third kappa shape index (κ3) is 3.89. The maximum atomic E-state index is 11.4. The van der Waals surface area contributed by atoms with Gasteiger partial charge in [-0.05, 0) is 31.0 Å². The van der Waals surface area contributed by atoms with E-state index in [-0.39, 0.29) is 0 Å². The molecule has 4 nitrogen and oxygen atoms in total. The van der Waals surface area contributed by atoms with Gasteiger partial charge in [0.25, 0.3) is 0 Å². The number of rotatable bonds is 5. The molecule has 1 atom stereocenters. The summed E-state index contributed by atoms with van der Waals surface area (Å²) >= 11 is 6.16. The van der Waals surface area contributed by atoms with Crippen LogP contribution < -0.4 is 10.6 Å². The first-order chi connectivity index (χ1) is 8.45. The molecule has 0 fully saturated rings. The van der Waals surface area contributed by atoms with E-state index in [0.29, 0.717) is 18.1 Å². The second-order valence-electron chi connectivity index (χ2n) is 4.23. The number of ether oxygens (including phenoxy) is 1. The molecule has 0 aliphatic carbocycles. The van der Waals surface area contributed by atoms with Gasteiger partial charge in [-0.25, -0.2) is 0 Å². The third-order valence-electron chi connectivity index (χ3n) is 2.58. The number of esters is 1. The van der Waals surface area contributed by atoms with E-state index in [1.54, 1.807) is 6.92 Å². The number of nitrogens with zero attached hydrogens (tertiary/aromatic N) is 1. The monoisotopic (exact) mass is 270 g/mol. The lowest BCUT2D eigenvalue weighted by molar-refractivity contribution is -0.144. The van der Waals surface area contributed by atoms with E-state index in [2.05, 4.69) is 0 Å². The maximum Gasteiger partial charge on any atom is 0.323 e. The molecule has 1 aromatic rings. The highest BCUT2D eigenvalue weighted by Gasteiger charge is 2.16. The van der Waals surface area contributed by atoms with Crippen molar-refractivity contribution in [3.8, 4) is 0 Å². The number of anilines is 1. The molecule has 1 aromatic carbocycles. The van der Waals surface area contributed by atoms with Gasteiger partial charge in [-0.3, -0.25) is 4.79 Å². The second kappa shape index (κ2) is 6.61. The molecule has 0 spiro atoms. The molecular formula is C13H19ClN2O2. The Bertz CT molecular complexity index is 421. The molecule has 5 heteroatoms. The number of halogens is 1. The molecule has 0 aromatic heterocycles. The Morgan fingerprint density at radius 1 is 1.50 bits per heavy atom. The number of hydrogen-bond donors (Lipinski definition) is 1. The first-order valence-electron chi connectivity index (χ1n) is 5.83. The number of benzene rings is 1. The minimum absolute atomic E-state index is 0.333. The van der Waals surface area contributed by atoms with Crippen molar-refractivity contribution < 1.29 is 9.53 Å². The summed E-state index contributed by atoms with van der Waals surface area (Å²) in [7, 11) is 3.88. The fraction of sp³-hybridized carbons (Fsp3) is 0.462. The molecule has 2 N–H and O–H groups in total. The van der Waals surface area contributed by atoms with E-state index in [1.165, 1.54) is 0 Å². The van der Waals surface area contributed by atoms with Crippen molar-refractivity contribution in [2.45, 2.75) is 19.4 Å².